The van der Waals surface area contributed by atoms with E-state index in [1.54, 1.807) is 0 Å². The van der Waals surface area contributed by atoms with Crippen LogP contribution in [0.5, 0.6) is 0 Å². The molecule has 0 heterocycles. The van der Waals surface area contributed by atoms with Gasteiger partial charge in [0.25, 0.3) is 0 Å². The van der Waals surface area contributed by atoms with Crippen LogP contribution in [-0.2, 0) is 28.6 Å². The van der Waals surface area contributed by atoms with E-state index in [1.165, 1.54) is 263 Å². The van der Waals surface area contributed by atoms with Crippen molar-refractivity contribution in [3.05, 3.63) is 12.2 Å². The van der Waals surface area contributed by atoms with Gasteiger partial charge in [-0.2, -0.15) is 0 Å². The van der Waals surface area contributed by atoms with Crippen molar-refractivity contribution in [2.75, 3.05) is 13.2 Å². The second-order valence-electron chi connectivity index (χ2n) is 22.0. The Hall–Kier alpha value is -1.85. The van der Waals surface area contributed by atoms with Crippen LogP contribution >= 0.6 is 0 Å². The van der Waals surface area contributed by atoms with Gasteiger partial charge in [0.2, 0.25) is 0 Å². The molecule has 0 atom stereocenters. The Bertz CT molecular complexity index is 1050. The molecule has 0 rings (SSSR count). The van der Waals surface area contributed by atoms with Crippen molar-refractivity contribution in [3.63, 3.8) is 0 Å². The molecule has 6 nitrogen and oxygen atoms in total. The van der Waals surface area contributed by atoms with Crippen molar-refractivity contribution < 1.29 is 28.6 Å². The normalized spacial score (nSPS) is 11.6. The molecule has 0 radical (unpaired) electrons. The highest BCUT2D eigenvalue weighted by atomic mass is 16.6. The number of esters is 3. The average Bonchev–Trinajstić information content (AvgIpc) is 3.37. The molecule has 0 aliphatic heterocycles. The number of hydrogen-bond donors (Lipinski definition) is 0. The Balaban J connectivity index is 4.28. The highest BCUT2D eigenvalue weighted by molar-refractivity contribution is 5.71. The van der Waals surface area contributed by atoms with Crippen molar-refractivity contribution in [2.45, 2.75) is 374 Å². The van der Waals surface area contributed by atoms with Gasteiger partial charge in [0.05, 0.1) is 0 Å². The Morgan fingerprint density at radius 1 is 0.268 bits per heavy atom. The molecule has 0 aliphatic carbocycles. The first-order valence-electron chi connectivity index (χ1n) is 32.2. The highest BCUT2D eigenvalue weighted by Gasteiger charge is 2.19. The van der Waals surface area contributed by atoms with E-state index in [0.717, 1.165) is 64.2 Å². The van der Waals surface area contributed by atoms with Crippen LogP contribution in [0.2, 0.25) is 0 Å². The predicted molar refractivity (Wildman–Crippen MR) is 307 cm³/mol. The number of ether oxygens (including phenoxy) is 3. The Kier molecular flexibility index (Phi) is 59.1. The van der Waals surface area contributed by atoms with E-state index < -0.39 is 6.10 Å². The Morgan fingerprint density at radius 3 is 0.704 bits per heavy atom. The molecule has 0 fully saturated rings. The van der Waals surface area contributed by atoms with Gasteiger partial charge in [0.15, 0.2) is 6.10 Å². The zero-order valence-corrected chi connectivity index (χ0v) is 48.3. The highest BCUT2D eigenvalue weighted by Crippen LogP contribution is 2.18. The van der Waals surface area contributed by atoms with Crippen molar-refractivity contribution in [1.29, 1.82) is 0 Å². The molecule has 0 N–H and O–H groups in total. The molecule has 0 aliphatic rings. The molecule has 0 saturated carbocycles. The second kappa shape index (κ2) is 60.7. The molecule has 6 heteroatoms. The van der Waals surface area contributed by atoms with E-state index in [0.29, 0.717) is 19.3 Å². The lowest BCUT2D eigenvalue weighted by atomic mass is 10.0. The van der Waals surface area contributed by atoms with E-state index in [9.17, 15) is 14.4 Å². The predicted octanol–water partition coefficient (Wildman–Crippen LogP) is 21.7. The van der Waals surface area contributed by atoms with E-state index in [1.807, 2.05) is 0 Å². The van der Waals surface area contributed by atoms with Gasteiger partial charge in [-0.3, -0.25) is 14.4 Å². The van der Waals surface area contributed by atoms with Gasteiger partial charge in [0.1, 0.15) is 13.2 Å². The lowest BCUT2D eigenvalue weighted by Gasteiger charge is -2.18. The fourth-order valence-electron chi connectivity index (χ4n) is 9.91. The van der Waals surface area contributed by atoms with Crippen LogP contribution in [0, 0.1) is 0 Å². The standard InChI is InChI=1S/C65H124O6/c1-4-7-10-13-16-19-22-25-28-30-32-34-37-39-42-45-48-51-54-57-63(66)69-60-62(71-65(68)59-56-53-50-47-44-41-36-27-24-21-18-15-12-9-6-3)61-70-64(67)58-55-52-49-46-43-40-38-35-33-31-29-26-23-20-17-14-11-8-5-2/h27,36,62H,4-26,28-35,37-61H2,1-3H3/b36-27+. The maximum atomic E-state index is 12.9. The fraction of sp³-hybridized carbons (Fsp3) is 0.923. The summed E-state index contributed by atoms with van der Waals surface area (Å²) in [6.07, 6.45) is 70.7. The number of hydrogen-bond acceptors (Lipinski definition) is 6. The molecule has 0 aromatic carbocycles. The monoisotopic (exact) mass is 1000 g/mol. The molecule has 420 valence electrons. The van der Waals surface area contributed by atoms with E-state index in [2.05, 4.69) is 32.9 Å². The largest absolute Gasteiger partial charge is 0.462 e. The maximum Gasteiger partial charge on any atom is 0.306 e. The number of rotatable bonds is 60. The zero-order valence-electron chi connectivity index (χ0n) is 48.3. The SMILES string of the molecule is CCCCCCCC/C=C/CCCCCCCC(=O)OC(COC(=O)CCCCCCCCCCCCCCCCCCCCC)COC(=O)CCCCCCCCCCCCCCCCCCCCC. The minimum atomic E-state index is -0.770. The minimum Gasteiger partial charge on any atom is -0.462 e. The van der Waals surface area contributed by atoms with Gasteiger partial charge < -0.3 is 14.2 Å². The number of carbonyl (C=O) groups is 3. The van der Waals surface area contributed by atoms with E-state index in [-0.39, 0.29) is 31.1 Å². The summed E-state index contributed by atoms with van der Waals surface area (Å²) in [7, 11) is 0. The van der Waals surface area contributed by atoms with Crippen molar-refractivity contribution >= 4 is 17.9 Å². The second-order valence-corrected chi connectivity index (χ2v) is 22.0. The number of allylic oxidation sites excluding steroid dienone is 2. The zero-order chi connectivity index (χ0) is 51.4. The third-order valence-corrected chi connectivity index (χ3v) is 14.8. The molecule has 0 bridgehead atoms. The van der Waals surface area contributed by atoms with Crippen LogP contribution in [0.1, 0.15) is 367 Å². The van der Waals surface area contributed by atoms with Gasteiger partial charge in [-0.15, -0.1) is 0 Å². The molecule has 0 saturated heterocycles. The first-order valence-corrected chi connectivity index (χ1v) is 32.2. The number of carbonyl (C=O) groups excluding carboxylic acids is 3. The molecule has 0 aromatic heterocycles. The lowest BCUT2D eigenvalue weighted by molar-refractivity contribution is -0.167. The smallest absolute Gasteiger partial charge is 0.306 e. The molecule has 0 unspecified atom stereocenters. The molecule has 0 amide bonds. The summed E-state index contributed by atoms with van der Waals surface area (Å²) in [6.45, 7) is 6.71. The summed E-state index contributed by atoms with van der Waals surface area (Å²) in [5.74, 6) is -0.844. The first kappa shape index (κ1) is 69.2. The molecule has 71 heavy (non-hydrogen) atoms. The maximum absolute atomic E-state index is 12.9. The van der Waals surface area contributed by atoms with Gasteiger partial charge in [-0.05, 0) is 44.9 Å². The van der Waals surface area contributed by atoms with Crippen molar-refractivity contribution in [2.24, 2.45) is 0 Å². The fourth-order valence-corrected chi connectivity index (χ4v) is 9.91. The van der Waals surface area contributed by atoms with Crippen molar-refractivity contribution in [1.82, 2.24) is 0 Å². The summed E-state index contributed by atoms with van der Waals surface area (Å²) in [6, 6.07) is 0. The van der Waals surface area contributed by atoms with Gasteiger partial charge in [0, 0.05) is 19.3 Å². The molecule has 0 spiro atoms. The summed E-state index contributed by atoms with van der Waals surface area (Å²) in [5, 5.41) is 0. The summed E-state index contributed by atoms with van der Waals surface area (Å²) >= 11 is 0. The van der Waals surface area contributed by atoms with E-state index in [4.69, 9.17) is 14.2 Å². The summed E-state index contributed by atoms with van der Waals surface area (Å²) in [4.78, 5) is 38.3. The average molecular weight is 1000 g/mol. The van der Waals surface area contributed by atoms with Crippen LogP contribution in [-0.4, -0.2) is 37.2 Å². The van der Waals surface area contributed by atoms with Gasteiger partial charge in [-0.25, -0.2) is 0 Å². The topological polar surface area (TPSA) is 78.9 Å². The van der Waals surface area contributed by atoms with Crippen LogP contribution < -0.4 is 0 Å². The van der Waals surface area contributed by atoms with Gasteiger partial charge in [-0.1, -0.05) is 315 Å². The third kappa shape index (κ3) is 58.9. The Morgan fingerprint density at radius 2 is 0.465 bits per heavy atom. The third-order valence-electron chi connectivity index (χ3n) is 14.8. The van der Waals surface area contributed by atoms with Crippen LogP contribution in [0.15, 0.2) is 12.2 Å². The van der Waals surface area contributed by atoms with Crippen molar-refractivity contribution in [3.8, 4) is 0 Å². The first-order chi connectivity index (χ1) is 35.0. The summed E-state index contributed by atoms with van der Waals surface area (Å²) < 4.78 is 16.9. The lowest BCUT2D eigenvalue weighted by Crippen LogP contribution is -2.30. The summed E-state index contributed by atoms with van der Waals surface area (Å²) in [5.41, 5.74) is 0. The van der Waals surface area contributed by atoms with E-state index >= 15 is 0 Å². The van der Waals surface area contributed by atoms with Crippen LogP contribution in [0.3, 0.4) is 0 Å². The van der Waals surface area contributed by atoms with Gasteiger partial charge >= 0.3 is 17.9 Å². The van der Waals surface area contributed by atoms with Crippen LogP contribution in [0.4, 0.5) is 0 Å². The Labute approximate surface area is 443 Å². The quantitative estimate of drug-likeness (QED) is 0.0261. The molecule has 0 aromatic rings. The number of unbranched alkanes of at least 4 members (excludes halogenated alkanes) is 47. The minimum absolute atomic E-state index is 0.0669. The van der Waals surface area contributed by atoms with Crippen LogP contribution in [0.25, 0.3) is 0 Å². The molecular weight excluding hydrogens is 877 g/mol. The molecular formula is C65H124O6.